The number of carbonyl (C=O) groups is 1. The van der Waals surface area contributed by atoms with Crippen molar-refractivity contribution in [2.24, 2.45) is 13.0 Å². The molecule has 18 heavy (non-hydrogen) atoms. The maximum absolute atomic E-state index is 11.1. The van der Waals surface area contributed by atoms with Gasteiger partial charge in [-0.2, -0.15) is 0 Å². The fourth-order valence-electron chi connectivity index (χ4n) is 1.58. The second kappa shape index (κ2) is 5.48. The molecule has 0 aliphatic carbocycles. The minimum atomic E-state index is -1.04. The summed E-state index contributed by atoms with van der Waals surface area (Å²) in [5.41, 5.74) is 0. The van der Waals surface area contributed by atoms with Crippen LogP contribution in [-0.2, 0) is 11.8 Å². The molecule has 8 nitrogen and oxygen atoms in total. The molecule has 0 bridgehead atoms. The normalized spacial score (nSPS) is 12.4. The van der Waals surface area contributed by atoms with Gasteiger partial charge < -0.3 is 20.5 Å². The van der Waals surface area contributed by atoms with Crippen LogP contribution in [0.15, 0.2) is 6.33 Å². The van der Waals surface area contributed by atoms with E-state index in [1.807, 2.05) is 13.8 Å². The summed E-state index contributed by atoms with van der Waals surface area (Å²) in [4.78, 5) is 24.8. The quantitative estimate of drug-likeness (QED) is 0.585. The van der Waals surface area contributed by atoms with Gasteiger partial charge in [-0.05, 0) is 22.2 Å². The van der Waals surface area contributed by atoms with Crippen LogP contribution in [0.2, 0.25) is 0 Å². The van der Waals surface area contributed by atoms with Crippen LogP contribution < -0.4 is 5.32 Å². The van der Waals surface area contributed by atoms with E-state index in [1.165, 1.54) is 10.9 Å². The van der Waals surface area contributed by atoms with Gasteiger partial charge in [-0.3, -0.25) is 4.57 Å². The van der Waals surface area contributed by atoms with E-state index < -0.39 is 16.9 Å². The van der Waals surface area contributed by atoms with E-state index in [9.17, 15) is 14.9 Å². The Morgan fingerprint density at radius 2 is 2.28 bits per heavy atom. The van der Waals surface area contributed by atoms with Crippen molar-refractivity contribution < 1.29 is 14.8 Å². The fraction of sp³-hybridized carbons (Fsp3) is 0.600. The lowest BCUT2D eigenvalue weighted by atomic mass is 10.0. The van der Waals surface area contributed by atoms with Crippen LogP contribution in [0.25, 0.3) is 0 Å². The molecule has 0 aliphatic heterocycles. The molecule has 1 unspecified atom stereocenters. The molecule has 2 N–H and O–H groups in total. The Bertz CT molecular complexity index is 455. The van der Waals surface area contributed by atoms with Gasteiger partial charge in [0.25, 0.3) is 0 Å². The summed E-state index contributed by atoms with van der Waals surface area (Å²) in [5, 5.41) is 22.5. The van der Waals surface area contributed by atoms with Crippen molar-refractivity contribution in [3.8, 4) is 0 Å². The van der Waals surface area contributed by atoms with Crippen LogP contribution in [0.3, 0.4) is 0 Å². The van der Waals surface area contributed by atoms with E-state index in [2.05, 4.69) is 10.3 Å². The number of nitrogens with one attached hydrogen (secondary N) is 1. The maximum Gasteiger partial charge on any atom is 0.406 e. The van der Waals surface area contributed by atoms with Crippen LogP contribution in [-0.4, -0.2) is 31.6 Å². The average Bonchev–Trinajstić information content (AvgIpc) is 2.58. The van der Waals surface area contributed by atoms with Crippen molar-refractivity contribution >= 4 is 17.6 Å². The van der Waals surface area contributed by atoms with Crippen molar-refractivity contribution in [3.05, 3.63) is 16.4 Å². The highest BCUT2D eigenvalue weighted by Crippen LogP contribution is 2.23. The first-order valence-corrected chi connectivity index (χ1v) is 5.48. The molecule has 1 heterocycles. The molecule has 1 aromatic heterocycles. The number of carboxylic acid groups (broad SMARTS) is 1. The van der Waals surface area contributed by atoms with Crippen LogP contribution in [0.5, 0.6) is 0 Å². The first kappa shape index (κ1) is 13.9. The number of aromatic nitrogens is 2. The van der Waals surface area contributed by atoms with Gasteiger partial charge in [0.1, 0.15) is 6.04 Å². The maximum atomic E-state index is 11.1. The standard InChI is InChI=1S/C10H16N4O4/c1-6(2)4-7(10(15)16)12-9-8(14(17)18)11-5-13(9)3/h5-7,12H,4H2,1-3H3,(H,15,16). The number of anilines is 1. The van der Waals surface area contributed by atoms with E-state index in [0.717, 1.165) is 0 Å². The molecular weight excluding hydrogens is 240 g/mol. The zero-order chi connectivity index (χ0) is 13.9. The lowest BCUT2D eigenvalue weighted by molar-refractivity contribution is -0.388. The van der Waals surface area contributed by atoms with Gasteiger partial charge in [0.15, 0.2) is 0 Å². The minimum absolute atomic E-state index is 0.105. The van der Waals surface area contributed by atoms with Crippen molar-refractivity contribution in [2.45, 2.75) is 26.3 Å². The molecule has 0 aromatic carbocycles. The summed E-state index contributed by atoms with van der Waals surface area (Å²) < 4.78 is 1.40. The summed E-state index contributed by atoms with van der Waals surface area (Å²) in [7, 11) is 1.57. The molecule has 0 saturated heterocycles. The van der Waals surface area contributed by atoms with Gasteiger partial charge in [-0.1, -0.05) is 13.8 Å². The first-order valence-electron chi connectivity index (χ1n) is 5.48. The molecule has 0 saturated carbocycles. The van der Waals surface area contributed by atoms with E-state index in [-0.39, 0.29) is 17.6 Å². The Labute approximate surface area is 104 Å². The van der Waals surface area contributed by atoms with Crippen LogP contribution in [0, 0.1) is 16.0 Å². The third-order valence-electron chi connectivity index (χ3n) is 2.41. The second-order valence-electron chi connectivity index (χ2n) is 4.45. The molecule has 1 aromatic rings. The van der Waals surface area contributed by atoms with Crippen LogP contribution >= 0.6 is 0 Å². The van der Waals surface area contributed by atoms with Crippen LogP contribution in [0.1, 0.15) is 20.3 Å². The largest absolute Gasteiger partial charge is 0.480 e. The molecular formula is C10H16N4O4. The van der Waals surface area contributed by atoms with Gasteiger partial charge in [0.05, 0.1) is 0 Å². The molecule has 0 radical (unpaired) electrons. The van der Waals surface area contributed by atoms with Crippen molar-refractivity contribution in [1.82, 2.24) is 9.55 Å². The monoisotopic (exact) mass is 256 g/mol. The number of hydrogen-bond acceptors (Lipinski definition) is 5. The number of imidazole rings is 1. The molecule has 100 valence electrons. The van der Waals surface area contributed by atoms with Crippen molar-refractivity contribution in [2.75, 3.05) is 5.32 Å². The number of hydrogen-bond donors (Lipinski definition) is 2. The molecule has 1 atom stereocenters. The Kier molecular flexibility index (Phi) is 4.24. The predicted molar refractivity (Wildman–Crippen MR) is 64.4 cm³/mol. The fourth-order valence-corrected chi connectivity index (χ4v) is 1.58. The number of nitrogens with zero attached hydrogens (tertiary/aromatic N) is 3. The third-order valence-corrected chi connectivity index (χ3v) is 2.41. The Balaban J connectivity index is 2.96. The predicted octanol–water partition coefficient (Wildman–Crippen LogP) is 1.24. The highest BCUT2D eigenvalue weighted by atomic mass is 16.6. The highest BCUT2D eigenvalue weighted by molar-refractivity contribution is 5.77. The summed E-state index contributed by atoms with van der Waals surface area (Å²) in [6.07, 6.45) is 1.65. The number of aryl methyl sites for hydroxylation is 1. The number of rotatable bonds is 6. The zero-order valence-electron chi connectivity index (χ0n) is 10.5. The van der Waals surface area contributed by atoms with E-state index in [4.69, 9.17) is 5.11 Å². The molecule has 0 aliphatic rings. The summed E-state index contributed by atoms with van der Waals surface area (Å²) >= 11 is 0. The van der Waals surface area contributed by atoms with Gasteiger partial charge >= 0.3 is 11.8 Å². The van der Waals surface area contributed by atoms with Crippen LogP contribution in [0.4, 0.5) is 11.6 Å². The topological polar surface area (TPSA) is 110 Å². The summed E-state index contributed by atoms with van der Waals surface area (Å²) in [6.45, 7) is 3.77. The SMILES string of the molecule is CC(C)CC(Nc1c([N+](=O)[O-])ncn1C)C(=O)O. The lowest BCUT2D eigenvalue weighted by Crippen LogP contribution is -2.31. The Hall–Kier alpha value is -2.12. The highest BCUT2D eigenvalue weighted by Gasteiger charge is 2.26. The second-order valence-corrected chi connectivity index (χ2v) is 4.45. The van der Waals surface area contributed by atoms with Gasteiger partial charge in [-0.15, -0.1) is 0 Å². The minimum Gasteiger partial charge on any atom is -0.480 e. The smallest absolute Gasteiger partial charge is 0.406 e. The van der Waals surface area contributed by atoms with Gasteiger partial charge in [0.2, 0.25) is 12.1 Å². The first-order chi connectivity index (χ1) is 8.32. The number of nitro groups is 1. The molecule has 0 spiro atoms. The molecule has 8 heteroatoms. The van der Waals surface area contributed by atoms with Crippen molar-refractivity contribution in [1.29, 1.82) is 0 Å². The number of aliphatic carboxylic acids is 1. The third kappa shape index (κ3) is 3.19. The Morgan fingerprint density at radius 1 is 1.67 bits per heavy atom. The van der Waals surface area contributed by atoms with E-state index in [0.29, 0.717) is 6.42 Å². The average molecular weight is 256 g/mol. The van der Waals surface area contributed by atoms with E-state index >= 15 is 0 Å². The molecule has 1 rings (SSSR count). The van der Waals surface area contributed by atoms with Gasteiger partial charge in [-0.25, -0.2) is 4.79 Å². The molecule has 0 fully saturated rings. The number of carboxylic acids is 1. The zero-order valence-corrected chi connectivity index (χ0v) is 10.5. The summed E-state index contributed by atoms with van der Waals surface area (Å²) in [6, 6.07) is -0.876. The van der Waals surface area contributed by atoms with Crippen molar-refractivity contribution in [3.63, 3.8) is 0 Å². The van der Waals surface area contributed by atoms with Gasteiger partial charge in [0, 0.05) is 7.05 Å². The molecule has 0 amide bonds. The van der Waals surface area contributed by atoms with E-state index in [1.54, 1.807) is 7.05 Å². The Morgan fingerprint density at radius 3 is 2.72 bits per heavy atom. The summed E-state index contributed by atoms with van der Waals surface area (Å²) in [5.74, 6) is -1.15. The lowest BCUT2D eigenvalue weighted by Gasteiger charge is -2.17.